The Bertz CT molecular complexity index is 732. The molecule has 0 aromatic carbocycles. The lowest BCUT2D eigenvalue weighted by Crippen LogP contribution is -2.45. The summed E-state index contributed by atoms with van der Waals surface area (Å²) < 4.78 is 12.1. The van der Waals surface area contributed by atoms with E-state index < -0.39 is 12.1 Å². The van der Waals surface area contributed by atoms with Crippen molar-refractivity contribution in [1.82, 2.24) is 0 Å². The highest BCUT2D eigenvalue weighted by Crippen LogP contribution is 2.24. The second-order valence-electron chi connectivity index (χ2n) is 10.8. The van der Waals surface area contributed by atoms with Gasteiger partial charge in [0, 0.05) is 31.7 Å². The van der Waals surface area contributed by atoms with Crippen molar-refractivity contribution in [2.75, 3.05) is 27.7 Å². The fourth-order valence-electron chi connectivity index (χ4n) is 4.34. The van der Waals surface area contributed by atoms with E-state index >= 15 is 0 Å². The van der Waals surface area contributed by atoms with E-state index in [1.54, 1.807) is 0 Å². The van der Waals surface area contributed by atoms with Gasteiger partial charge in [0.1, 0.15) is 18.1 Å². The van der Waals surface area contributed by atoms with Crippen LogP contribution in [0.4, 0.5) is 0 Å². The number of aryl methyl sites for hydroxylation is 2. The Balaban J connectivity index is 2.12. The third kappa shape index (κ3) is 13.2. The molecule has 0 saturated carbocycles. The molecule has 0 N–H and O–H groups in total. The maximum Gasteiger partial charge on any atom is 0.306 e. The summed E-state index contributed by atoms with van der Waals surface area (Å²) in [6, 6.07) is 0. The van der Waals surface area contributed by atoms with Gasteiger partial charge in [-0.25, -0.2) is 0 Å². The Morgan fingerprint density at radius 1 is 0.853 bits per heavy atom. The number of ether oxygens (including phenoxy) is 1. The summed E-state index contributed by atoms with van der Waals surface area (Å²) in [6.45, 7) is 7.04. The number of hydrogen-bond acceptors (Lipinski definition) is 5. The summed E-state index contributed by atoms with van der Waals surface area (Å²) in [7, 11) is 5.83. The highest BCUT2D eigenvalue weighted by atomic mass is 16.5. The maximum atomic E-state index is 12.1. The fourth-order valence-corrected chi connectivity index (χ4v) is 4.34. The van der Waals surface area contributed by atoms with Gasteiger partial charge in [0.05, 0.1) is 21.1 Å². The van der Waals surface area contributed by atoms with Gasteiger partial charge < -0.3 is 23.5 Å². The molecule has 6 heteroatoms. The average Bonchev–Trinajstić information content (AvgIpc) is 2.99. The van der Waals surface area contributed by atoms with E-state index in [1.807, 2.05) is 21.1 Å². The molecule has 0 aliphatic rings. The second-order valence-corrected chi connectivity index (χ2v) is 10.8. The van der Waals surface area contributed by atoms with Gasteiger partial charge in [-0.3, -0.25) is 4.79 Å². The molecule has 0 radical (unpaired) electrons. The Morgan fingerprint density at radius 3 is 1.85 bits per heavy atom. The lowest BCUT2D eigenvalue weighted by Gasteiger charge is -2.29. The SMILES string of the molecule is CCCCc1oc(CCCCCCCCCCC(=O)OC(CC(=O)[O-])C[N+](C)(C)C)c(C)c1C. The molecule has 0 fully saturated rings. The van der Waals surface area contributed by atoms with Crippen LogP contribution in [0, 0.1) is 13.8 Å². The molecule has 1 aromatic heterocycles. The van der Waals surface area contributed by atoms with Crippen LogP contribution in [-0.2, 0) is 27.2 Å². The predicted molar refractivity (Wildman–Crippen MR) is 134 cm³/mol. The van der Waals surface area contributed by atoms with Gasteiger partial charge in [0.25, 0.3) is 0 Å². The van der Waals surface area contributed by atoms with Crippen LogP contribution in [0.5, 0.6) is 0 Å². The van der Waals surface area contributed by atoms with Gasteiger partial charge in [-0.05, 0) is 44.2 Å². The van der Waals surface area contributed by atoms with Gasteiger partial charge in [0.2, 0.25) is 0 Å². The Morgan fingerprint density at radius 2 is 1.35 bits per heavy atom. The van der Waals surface area contributed by atoms with Crippen LogP contribution in [0.1, 0.15) is 107 Å². The summed E-state index contributed by atoms with van der Waals surface area (Å²) in [5.41, 5.74) is 2.68. The molecule has 34 heavy (non-hydrogen) atoms. The number of likely N-dealkylation sites (N-methyl/N-ethyl adjacent to an activating group) is 1. The van der Waals surface area contributed by atoms with Crippen LogP contribution in [0.3, 0.4) is 0 Å². The molecule has 0 aliphatic carbocycles. The van der Waals surface area contributed by atoms with E-state index in [0.717, 1.165) is 32.1 Å². The molecule has 0 amide bonds. The molecule has 0 bridgehead atoms. The molecule has 1 rings (SSSR count). The van der Waals surface area contributed by atoms with Crippen molar-refractivity contribution >= 4 is 11.9 Å². The first-order valence-corrected chi connectivity index (χ1v) is 13.3. The van der Waals surface area contributed by atoms with Crippen molar-refractivity contribution in [1.29, 1.82) is 0 Å². The van der Waals surface area contributed by atoms with E-state index in [-0.39, 0.29) is 12.4 Å². The topological polar surface area (TPSA) is 79.6 Å². The maximum absolute atomic E-state index is 12.1. The van der Waals surface area contributed by atoms with E-state index in [1.165, 1.54) is 67.6 Å². The molecule has 1 atom stereocenters. The molecule has 1 heterocycles. The predicted octanol–water partition coefficient (Wildman–Crippen LogP) is 5.05. The highest BCUT2D eigenvalue weighted by molar-refractivity contribution is 5.70. The third-order valence-corrected chi connectivity index (χ3v) is 6.38. The summed E-state index contributed by atoms with van der Waals surface area (Å²) >= 11 is 0. The normalized spacial score (nSPS) is 12.6. The Hall–Kier alpha value is -1.82. The van der Waals surface area contributed by atoms with Crippen LogP contribution in [0.2, 0.25) is 0 Å². The standard InChI is InChI=1S/C28H49NO5/c1-7-8-17-25-22(2)23(3)26(34-25)18-15-13-11-9-10-12-14-16-19-28(32)33-24(20-27(30)31)21-29(4,5)6/h24H,7-21H2,1-6H3. The number of aliphatic carboxylic acids is 1. The monoisotopic (exact) mass is 479 g/mol. The summed E-state index contributed by atoms with van der Waals surface area (Å²) in [6.07, 6.45) is 12.9. The van der Waals surface area contributed by atoms with Crippen molar-refractivity contribution in [3.63, 3.8) is 0 Å². The minimum absolute atomic E-state index is 0.250. The van der Waals surface area contributed by atoms with Gasteiger partial charge in [-0.15, -0.1) is 0 Å². The minimum atomic E-state index is -1.18. The Kier molecular flexibility index (Phi) is 14.2. The number of nitrogens with zero attached hydrogens (tertiary/aromatic N) is 1. The van der Waals surface area contributed by atoms with Crippen LogP contribution >= 0.6 is 0 Å². The van der Waals surface area contributed by atoms with Crippen molar-refractivity contribution in [2.24, 2.45) is 0 Å². The minimum Gasteiger partial charge on any atom is -0.550 e. The number of hydrogen-bond donors (Lipinski definition) is 0. The zero-order valence-corrected chi connectivity index (χ0v) is 22.7. The first kappa shape index (κ1) is 30.2. The zero-order valence-electron chi connectivity index (χ0n) is 22.7. The van der Waals surface area contributed by atoms with Crippen molar-refractivity contribution in [2.45, 2.75) is 117 Å². The smallest absolute Gasteiger partial charge is 0.306 e. The molecular formula is C28H49NO5. The number of carboxylic acids is 1. The van der Waals surface area contributed by atoms with Crippen molar-refractivity contribution < 1.29 is 28.3 Å². The van der Waals surface area contributed by atoms with Crippen LogP contribution < -0.4 is 5.11 Å². The number of rotatable bonds is 19. The number of esters is 1. The summed E-state index contributed by atoms with van der Waals surface area (Å²) in [5, 5.41) is 10.9. The summed E-state index contributed by atoms with van der Waals surface area (Å²) in [5.74, 6) is 0.873. The second kappa shape index (κ2) is 16.0. The lowest BCUT2D eigenvalue weighted by atomic mass is 10.0. The number of carboxylic acid groups (broad SMARTS) is 1. The molecular weight excluding hydrogens is 430 g/mol. The zero-order chi connectivity index (χ0) is 25.6. The van der Waals surface area contributed by atoms with Crippen LogP contribution in [0.15, 0.2) is 4.42 Å². The largest absolute Gasteiger partial charge is 0.550 e. The summed E-state index contributed by atoms with van der Waals surface area (Å²) in [4.78, 5) is 23.0. The number of carbonyl (C=O) groups excluding carboxylic acids is 2. The molecule has 1 aromatic rings. The molecule has 196 valence electrons. The van der Waals surface area contributed by atoms with E-state index in [9.17, 15) is 14.7 Å². The quantitative estimate of drug-likeness (QED) is 0.158. The van der Waals surface area contributed by atoms with Gasteiger partial charge in [-0.2, -0.15) is 0 Å². The highest BCUT2D eigenvalue weighted by Gasteiger charge is 2.22. The average molecular weight is 480 g/mol. The van der Waals surface area contributed by atoms with Crippen molar-refractivity contribution in [3.05, 3.63) is 22.6 Å². The fraction of sp³-hybridized carbons (Fsp3) is 0.786. The lowest BCUT2D eigenvalue weighted by molar-refractivity contribution is -0.873. The molecule has 1 unspecified atom stereocenters. The van der Waals surface area contributed by atoms with Gasteiger partial charge in [0.15, 0.2) is 6.10 Å². The first-order chi connectivity index (χ1) is 16.0. The third-order valence-electron chi connectivity index (χ3n) is 6.38. The van der Waals surface area contributed by atoms with E-state index in [2.05, 4.69) is 20.8 Å². The molecule has 0 saturated heterocycles. The van der Waals surface area contributed by atoms with Gasteiger partial charge >= 0.3 is 5.97 Å². The van der Waals surface area contributed by atoms with E-state index in [0.29, 0.717) is 17.4 Å². The van der Waals surface area contributed by atoms with Crippen LogP contribution in [0.25, 0.3) is 0 Å². The number of furan rings is 1. The molecule has 6 nitrogen and oxygen atoms in total. The van der Waals surface area contributed by atoms with E-state index in [4.69, 9.17) is 9.15 Å². The molecule has 0 spiro atoms. The molecule has 0 aliphatic heterocycles. The number of carbonyl (C=O) groups is 2. The first-order valence-electron chi connectivity index (χ1n) is 13.3. The van der Waals surface area contributed by atoms with Gasteiger partial charge in [-0.1, -0.05) is 51.9 Å². The Labute approximate surface area is 207 Å². The number of unbranched alkanes of at least 4 members (excludes halogenated alkanes) is 8. The van der Waals surface area contributed by atoms with Crippen molar-refractivity contribution in [3.8, 4) is 0 Å². The number of quaternary nitrogens is 1. The van der Waals surface area contributed by atoms with Crippen LogP contribution in [-0.4, -0.2) is 50.2 Å².